The third-order valence-electron chi connectivity index (χ3n) is 2.55. The van der Waals surface area contributed by atoms with Gasteiger partial charge in [0.05, 0.1) is 18.5 Å². The Morgan fingerprint density at radius 3 is 2.82 bits per heavy atom. The molecule has 2 rings (SSSR count). The Morgan fingerprint density at radius 1 is 1.41 bits per heavy atom. The van der Waals surface area contributed by atoms with E-state index in [0.29, 0.717) is 10.8 Å². The lowest BCUT2D eigenvalue weighted by Gasteiger charge is -2.05. The third kappa shape index (κ3) is 3.01. The van der Waals surface area contributed by atoms with Crippen LogP contribution in [0, 0.1) is 0 Å². The fourth-order valence-electron chi connectivity index (χ4n) is 1.61. The van der Waals surface area contributed by atoms with Crippen molar-refractivity contribution in [3.8, 4) is 5.75 Å². The summed E-state index contributed by atoms with van der Waals surface area (Å²) in [6, 6.07) is 5.85. The van der Waals surface area contributed by atoms with Crippen molar-refractivity contribution < 1.29 is 4.74 Å². The minimum Gasteiger partial charge on any atom is -0.495 e. The Labute approximate surface area is 113 Å². The number of halogens is 2. The number of imidazole rings is 1. The molecule has 1 aromatic heterocycles. The monoisotopic (exact) mass is 314 g/mol. The average molecular weight is 316 g/mol. The van der Waals surface area contributed by atoms with E-state index in [9.17, 15) is 0 Å². The molecule has 0 amide bonds. The van der Waals surface area contributed by atoms with Gasteiger partial charge in [0, 0.05) is 5.69 Å². The van der Waals surface area contributed by atoms with Gasteiger partial charge in [-0.2, -0.15) is 0 Å². The van der Waals surface area contributed by atoms with Crippen molar-refractivity contribution >= 4 is 27.5 Å². The summed E-state index contributed by atoms with van der Waals surface area (Å²) in [5.74, 6) is 0.707. The van der Waals surface area contributed by atoms with Gasteiger partial charge in [-0.25, -0.2) is 4.98 Å². The van der Waals surface area contributed by atoms with E-state index in [1.807, 2.05) is 18.2 Å². The number of nitrogens with one attached hydrogen (secondary N) is 1. The van der Waals surface area contributed by atoms with Crippen LogP contribution in [0.5, 0.6) is 5.75 Å². The van der Waals surface area contributed by atoms with Gasteiger partial charge in [0.25, 0.3) is 0 Å². The number of hydrogen-bond donors (Lipinski definition) is 1. The zero-order valence-electron chi connectivity index (χ0n) is 9.34. The van der Waals surface area contributed by atoms with Crippen molar-refractivity contribution in [2.45, 2.75) is 12.8 Å². The first-order valence-electron chi connectivity index (χ1n) is 5.21. The van der Waals surface area contributed by atoms with Crippen LogP contribution in [0.4, 0.5) is 0 Å². The molecule has 0 aliphatic carbocycles. The highest BCUT2D eigenvalue weighted by atomic mass is 79.9. The van der Waals surface area contributed by atoms with Crippen LogP contribution >= 0.6 is 27.5 Å². The summed E-state index contributed by atoms with van der Waals surface area (Å²) in [6.07, 6.45) is 3.48. The number of nitrogens with zero attached hydrogens (tertiary/aromatic N) is 1. The van der Waals surface area contributed by atoms with E-state index in [2.05, 4.69) is 25.9 Å². The van der Waals surface area contributed by atoms with Crippen molar-refractivity contribution in [3.05, 3.63) is 45.4 Å². The van der Waals surface area contributed by atoms with Gasteiger partial charge < -0.3 is 9.72 Å². The summed E-state index contributed by atoms with van der Waals surface area (Å²) in [5, 5.41) is 0.647. The van der Waals surface area contributed by atoms with Crippen LogP contribution in [0.15, 0.2) is 29.1 Å². The first kappa shape index (κ1) is 12.5. The number of aromatic amines is 1. The fourth-order valence-corrected chi connectivity index (χ4v) is 2.31. The molecule has 0 atom stereocenters. The predicted octanol–water partition coefficient (Wildman–Crippen LogP) is 3.62. The van der Waals surface area contributed by atoms with Gasteiger partial charge in [-0.1, -0.05) is 17.7 Å². The summed E-state index contributed by atoms with van der Waals surface area (Å²) in [4.78, 5) is 7.19. The molecular weight excluding hydrogens is 304 g/mol. The van der Waals surface area contributed by atoms with Crippen molar-refractivity contribution in [3.63, 3.8) is 0 Å². The highest BCUT2D eigenvalue weighted by Crippen LogP contribution is 2.25. The number of ether oxygens (including phenoxy) is 1. The molecule has 17 heavy (non-hydrogen) atoms. The van der Waals surface area contributed by atoms with E-state index >= 15 is 0 Å². The number of methoxy groups -OCH3 is 1. The molecule has 0 saturated heterocycles. The van der Waals surface area contributed by atoms with Crippen molar-refractivity contribution in [2.24, 2.45) is 0 Å². The smallest absolute Gasteiger partial charge is 0.137 e. The molecule has 90 valence electrons. The number of aryl methyl sites for hydroxylation is 2. The second kappa shape index (κ2) is 5.56. The predicted molar refractivity (Wildman–Crippen MR) is 71.7 cm³/mol. The summed E-state index contributed by atoms with van der Waals surface area (Å²) in [7, 11) is 1.61. The van der Waals surface area contributed by atoms with E-state index < -0.39 is 0 Å². The molecule has 0 spiro atoms. The molecule has 3 nitrogen and oxygen atoms in total. The van der Waals surface area contributed by atoms with Crippen LogP contribution in [0.25, 0.3) is 0 Å². The zero-order chi connectivity index (χ0) is 12.3. The van der Waals surface area contributed by atoms with E-state index in [1.54, 1.807) is 13.4 Å². The lowest BCUT2D eigenvalue weighted by atomic mass is 10.1. The lowest BCUT2D eigenvalue weighted by molar-refractivity contribution is 0.415. The minimum atomic E-state index is 0.647. The Kier molecular flexibility index (Phi) is 4.07. The van der Waals surface area contributed by atoms with Crippen LogP contribution in [-0.4, -0.2) is 17.1 Å². The Hall–Kier alpha value is -1.00. The molecule has 0 fully saturated rings. The van der Waals surface area contributed by atoms with Gasteiger partial charge in [-0.15, -0.1) is 0 Å². The molecular formula is C12H12BrClN2O. The van der Waals surface area contributed by atoms with E-state index in [-0.39, 0.29) is 0 Å². The molecule has 0 radical (unpaired) electrons. The lowest BCUT2D eigenvalue weighted by Crippen LogP contribution is -1.93. The van der Waals surface area contributed by atoms with Crippen LogP contribution in [0.2, 0.25) is 5.02 Å². The average Bonchev–Trinajstić information content (AvgIpc) is 2.72. The van der Waals surface area contributed by atoms with Gasteiger partial charge in [0.15, 0.2) is 0 Å². The highest BCUT2D eigenvalue weighted by Gasteiger charge is 2.05. The number of rotatable bonds is 4. The Bertz CT molecular complexity index is 513. The van der Waals surface area contributed by atoms with Gasteiger partial charge in [0.1, 0.15) is 10.4 Å². The molecule has 1 aromatic carbocycles. The van der Waals surface area contributed by atoms with Gasteiger partial charge in [0.2, 0.25) is 0 Å². The highest BCUT2D eigenvalue weighted by molar-refractivity contribution is 9.10. The van der Waals surface area contributed by atoms with E-state index in [4.69, 9.17) is 16.3 Å². The van der Waals surface area contributed by atoms with Crippen molar-refractivity contribution in [2.75, 3.05) is 7.11 Å². The topological polar surface area (TPSA) is 37.9 Å². The summed E-state index contributed by atoms with van der Waals surface area (Å²) >= 11 is 9.46. The first-order chi connectivity index (χ1) is 8.20. The van der Waals surface area contributed by atoms with Crippen molar-refractivity contribution in [1.82, 2.24) is 9.97 Å². The zero-order valence-corrected chi connectivity index (χ0v) is 11.7. The van der Waals surface area contributed by atoms with Crippen LogP contribution in [0.1, 0.15) is 11.3 Å². The Balaban J connectivity index is 2.05. The SMILES string of the molecule is COc1ccc(CCc2[nH]cnc2Br)cc1Cl. The minimum absolute atomic E-state index is 0.647. The van der Waals surface area contributed by atoms with E-state index in [1.165, 1.54) is 5.56 Å². The maximum Gasteiger partial charge on any atom is 0.137 e. The first-order valence-corrected chi connectivity index (χ1v) is 6.38. The van der Waals surface area contributed by atoms with Crippen molar-refractivity contribution in [1.29, 1.82) is 0 Å². The van der Waals surface area contributed by atoms with Crippen LogP contribution < -0.4 is 4.74 Å². The normalized spacial score (nSPS) is 10.5. The van der Waals surface area contributed by atoms with Crippen LogP contribution in [-0.2, 0) is 12.8 Å². The van der Waals surface area contributed by atoms with Gasteiger partial charge in [-0.3, -0.25) is 0 Å². The number of aromatic nitrogens is 2. The molecule has 0 unspecified atom stereocenters. The molecule has 1 heterocycles. The van der Waals surface area contributed by atoms with Gasteiger partial charge in [-0.05, 0) is 46.5 Å². The summed E-state index contributed by atoms with van der Waals surface area (Å²) < 4.78 is 5.99. The number of hydrogen-bond acceptors (Lipinski definition) is 2. The molecule has 0 bridgehead atoms. The molecule has 5 heteroatoms. The summed E-state index contributed by atoms with van der Waals surface area (Å²) in [6.45, 7) is 0. The molecule has 0 aliphatic rings. The molecule has 1 N–H and O–H groups in total. The summed E-state index contributed by atoms with van der Waals surface area (Å²) in [5.41, 5.74) is 2.27. The molecule has 0 saturated carbocycles. The number of benzene rings is 1. The standard InChI is InChI=1S/C12H12BrClN2O/c1-17-11-5-3-8(6-9(11)14)2-4-10-12(13)16-7-15-10/h3,5-7H,2,4H2,1H3,(H,15,16). The largest absolute Gasteiger partial charge is 0.495 e. The third-order valence-corrected chi connectivity index (χ3v) is 3.52. The Morgan fingerprint density at radius 2 is 2.24 bits per heavy atom. The van der Waals surface area contributed by atoms with Gasteiger partial charge >= 0.3 is 0 Å². The van der Waals surface area contributed by atoms with E-state index in [0.717, 1.165) is 23.1 Å². The maximum atomic E-state index is 6.07. The molecule has 0 aliphatic heterocycles. The fraction of sp³-hybridized carbons (Fsp3) is 0.250. The number of H-pyrrole nitrogens is 1. The quantitative estimate of drug-likeness (QED) is 0.936. The maximum absolute atomic E-state index is 6.07. The second-order valence-electron chi connectivity index (χ2n) is 3.64. The molecule has 2 aromatic rings. The second-order valence-corrected chi connectivity index (χ2v) is 4.80. The van der Waals surface area contributed by atoms with Crippen LogP contribution in [0.3, 0.4) is 0 Å².